The number of nitriles is 1. The molecule has 2 rings (SSSR count). The van der Waals surface area contributed by atoms with Crippen LogP contribution in [0.2, 0.25) is 0 Å². The van der Waals surface area contributed by atoms with Crippen LogP contribution in [0.15, 0.2) is 17.8 Å². The number of thiazole rings is 1. The third-order valence-corrected chi connectivity index (χ3v) is 3.74. The van der Waals surface area contributed by atoms with Crippen LogP contribution in [-0.2, 0) is 12.0 Å². The molecule has 0 saturated carbocycles. The molecule has 0 aromatic carbocycles. The Kier molecular flexibility index (Phi) is 2.99. The van der Waals surface area contributed by atoms with Crippen molar-refractivity contribution >= 4 is 11.3 Å². The van der Waals surface area contributed by atoms with Crippen molar-refractivity contribution in [3.63, 3.8) is 0 Å². The van der Waals surface area contributed by atoms with Crippen molar-refractivity contribution in [1.29, 1.82) is 5.26 Å². The van der Waals surface area contributed by atoms with Crippen LogP contribution in [0.1, 0.15) is 25.8 Å². The van der Waals surface area contributed by atoms with Crippen molar-refractivity contribution in [2.24, 2.45) is 0 Å². The second-order valence-electron chi connectivity index (χ2n) is 4.36. The highest BCUT2D eigenvalue weighted by Gasteiger charge is 2.24. The van der Waals surface area contributed by atoms with Gasteiger partial charge in [-0.1, -0.05) is 0 Å². The minimum absolute atomic E-state index is 0.524. The fourth-order valence-electron chi connectivity index (χ4n) is 1.41. The van der Waals surface area contributed by atoms with Gasteiger partial charge in [0.15, 0.2) is 0 Å². The van der Waals surface area contributed by atoms with E-state index in [1.165, 1.54) is 11.3 Å². The average Bonchev–Trinajstić information content (AvgIpc) is 2.97. The summed E-state index contributed by atoms with van der Waals surface area (Å²) in [6.45, 7) is 6.65. The Hall–Kier alpha value is -1.67. The van der Waals surface area contributed by atoms with Crippen molar-refractivity contribution in [3.8, 4) is 17.3 Å². The number of aromatic nitrogens is 3. The predicted molar refractivity (Wildman–Crippen MR) is 67.6 cm³/mol. The lowest BCUT2D eigenvalue weighted by Gasteiger charge is -2.09. The first kappa shape index (κ1) is 11.8. The molecule has 0 amide bonds. The zero-order chi connectivity index (χ0) is 12.5. The molecule has 5 heteroatoms. The van der Waals surface area contributed by atoms with Gasteiger partial charge in [-0.2, -0.15) is 10.4 Å². The van der Waals surface area contributed by atoms with Gasteiger partial charge >= 0.3 is 0 Å². The Bertz CT molecular complexity index is 559. The van der Waals surface area contributed by atoms with E-state index in [1.807, 2.05) is 43.2 Å². The second kappa shape index (κ2) is 4.30. The van der Waals surface area contributed by atoms with E-state index in [2.05, 4.69) is 16.2 Å². The van der Waals surface area contributed by atoms with Crippen molar-refractivity contribution in [2.75, 3.05) is 0 Å². The minimum atomic E-state index is -0.524. The Morgan fingerprint density at radius 3 is 2.88 bits per heavy atom. The molecule has 2 aromatic rings. The Morgan fingerprint density at radius 2 is 2.29 bits per heavy atom. The molecule has 0 unspecified atom stereocenters. The van der Waals surface area contributed by atoms with Crippen LogP contribution in [0.4, 0.5) is 0 Å². The molecule has 0 fully saturated rings. The summed E-state index contributed by atoms with van der Waals surface area (Å²) in [5.74, 6) is 0. The van der Waals surface area contributed by atoms with E-state index in [9.17, 15) is 0 Å². The van der Waals surface area contributed by atoms with Gasteiger partial charge in [0, 0.05) is 23.7 Å². The van der Waals surface area contributed by atoms with Gasteiger partial charge in [0.05, 0.1) is 18.0 Å². The van der Waals surface area contributed by atoms with Gasteiger partial charge in [-0.3, -0.25) is 4.68 Å². The van der Waals surface area contributed by atoms with Gasteiger partial charge in [0.25, 0.3) is 0 Å². The van der Waals surface area contributed by atoms with Crippen LogP contribution in [0.5, 0.6) is 0 Å². The Labute approximate surface area is 105 Å². The van der Waals surface area contributed by atoms with E-state index in [-0.39, 0.29) is 0 Å². The van der Waals surface area contributed by atoms with E-state index in [4.69, 9.17) is 5.26 Å². The van der Waals surface area contributed by atoms with Crippen molar-refractivity contribution in [1.82, 2.24) is 14.8 Å². The summed E-state index contributed by atoms with van der Waals surface area (Å²) in [6.07, 6.45) is 3.78. The van der Waals surface area contributed by atoms with Crippen molar-refractivity contribution in [2.45, 2.75) is 32.7 Å². The Morgan fingerprint density at radius 1 is 1.53 bits per heavy atom. The predicted octanol–water partition coefficient (Wildman–Crippen LogP) is 2.83. The molecular weight excluding hydrogens is 232 g/mol. The quantitative estimate of drug-likeness (QED) is 0.836. The normalized spacial score (nSPS) is 11.4. The average molecular weight is 246 g/mol. The van der Waals surface area contributed by atoms with Crippen LogP contribution in [-0.4, -0.2) is 14.8 Å². The van der Waals surface area contributed by atoms with Crippen molar-refractivity contribution in [3.05, 3.63) is 22.8 Å². The largest absolute Gasteiger partial charge is 0.272 e. The highest BCUT2D eigenvalue weighted by atomic mass is 32.1. The highest BCUT2D eigenvalue weighted by Crippen LogP contribution is 2.29. The molecule has 2 heterocycles. The highest BCUT2D eigenvalue weighted by molar-refractivity contribution is 7.10. The first-order valence-electron chi connectivity index (χ1n) is 5.47. The molecule has 0 saturated heterocycles. The summed E-state index contributed by atoms with van der Waals surface area (Å²) in [5, 5.41) is 16.1. The maximum absolute atomic E-state index is 9.07. The van der Waals surface area contributed by atoms with E-state index in [1.54, 1.807) is 0 Å². The lowest BCUT2D eigenvalue weighted by molar-refractivity contribution is 0.660. The number of rotatable bonds is 3. The molecule has 0 aliphatic heterocycles. The zero-order valence-corrected chi connectivity index (χ0v) is 11.0. The maximum atomic E-state index is 9.07. The molecule has 88 valence electrons. The van der Waals surface area contributed by atoms with Gasteiger partial charge in [-0.05, 0) is 20.8 Å². The lowest BCUT2D eigenvalue weighted by Crippen LogP contribution is -2.13. The number of nitrogens with zero attached hydrogens (tertiary/aromatic N) is 4. The SMILES string of the molecule is CCn1cc(-c2csc(C(C)(C)C#N)n2)cn1. The first-order chi connectivity index (χ1) is 8.06. The summed E-state index contributed by atoms with van der Waals surface area (Å²) >= 11 is 1.52. The van der Waals surface area contributed by atoms with Crippen LogP contribution in [0.3, 0.4) is 0 Å². The zero-order valence-electron chi connectivity index (χ0n) is 10.1. The second-order valence-corrected chi connectivity index (χ2v) is 5.22. The number of aryl methyl sites for hydroxylation is 1. The van der Waals surface area contributed by atoms with E-state index < -0.39 is 5.41 Å². The molecule has 0 bridgehead atoms. The molecule has 0 radical (unpaired) electrons. The van der Waals surface area contributed by atoms with E-state index in [0.717, 1.165) is 22.8 Å². The molecule has 0 aliphatic carbocycles. The molecule has 4 nitrogen and oxygen atoms in total. The minimum Gasteiger partial charge on any atom is -0.272 e. The van der Waals surface area contributed by atoms with Gasteiger partial charge < -0.3 is 0 Å². The molecule has 17 heavy (non-hydrogen) atoms. The fourth-order valence-corrected chi connectivity index (χ4v) is 2.31. The third-order valence-electron chi connectivity index (χ3n) is 2.57. The molecule has 0 spiro atoms. The fraction of sp³-hybridized carbons (Fsp3) is 0.417. The summed E-state index contributed by atoms with van der Waals surface area (Å²) in [5.41, 5.74) is 1.38. The topological polar surface area (TPSA) is 54.5 Å². The van der Waals surface area contributed by atoms with Crippen LogP contribution >= 0.6 is 11.3 Å². The van der Waals surface area contributed by atoms with Crippen LogP contribution in [0, 0.1) is 11.3 Å². The molecule has 0 atom stereocenters. The van der Waals surface area contributed by atoms with E-state index in [0.29, 0.717) is 0 Å². The standard InChI is InChI=1S/C12H14N4S/c1-4-16-6-9(5-14-16)10-7-17-11(15-10)12(2,3)8-13/h5-7H,4H2,1-3H3. The molecule has 0 aliphatic rings. The van der Waals surface area contributed by atoms with Crippen LogP contribution in [0.25, 0.3) is 11.3 Å². The van der Waals surface area contributed by atoms with Gasteiger partial charge in [-0.25, -0.2) is 4.98 Å². The van der Waals surface area contributed by atoms with Gasteiger partial charge in [0.2, 0.25) is 0 Å². The van der Waals surface area contributed by atoms with Crippen molar-refractivity contribution < 1.29 is 0 Å². The first-order valence-corrected chi connectivity index (χ1v) is 6.35. The number of hydrogen-bond acceptors (Lipinski definition) is 4. The van der Waals surface area contributed by atoms with Gasteiger partial charge in [0.1, 0.15) is 10.4 Å². The summed E-state index contributed by atoms with van der Waals surface area (Å²) in [4.78, 5) is 4.51. The molecule has 0 N–H and O–H groups in total. The van der Waals surface area contributed by atoms with Crippen LogP contribution < -0.4 is 0 Å². The van der Waals surface area contributed by atoms with Gasteiger partial charge in [-0.15, -0.1) is 11.3 Å². The summed E-state index contributed by atoms with van der Waals surface area (Å²) in [6, 6.07) is 2.27. The monoisotopic (exact) mass is 246 g/mol. The Balaban J connectivity index is 2.33. The maximum Gasteiger partial charge on any atom is 0.113 e. The smallest absolute Gasteiger partial charge is 0.113 e. The molecular formula is C12H14N4S. The number of hydrogen-bond donors (Lipinski definition) is 0. The van der Waals surface area contributed by atoms with E-state index >= 15 is 0 Å². The lowest BCUT2D eigenvalue weighted by atomic mass is 9.97. The molecule has 2 aromatic heterocycles. The third kappa shape index (κ3) is 2.22. The summed E-state index contributed by atoms with van der Waals surface area (Å²) in [7, 11) is 0. The summed E-state index contributed by atoms with van der Waals surface area (Å²) < 4.78 is 1.86.